The average molecular weight is 241 g/mol. The second-order valence-electron chi connectivity index (χ2n) is 5.86. The maximum atomic E-state index is 10.2. The molecule has 0 amide bonds. The van der Waals surface area contributed by atoms with Crippen LogP contribution in [-0.2, 0) is 4.74 Å². The highest BCUT2D eigenvalue weighted by molar-refractivity contribution is 4.90. The molecule has 3 heteroatoms. The van der Waals surface area contributed by atoms with E-state index in [0.29, 0.717) is 5.92 Å². The van der Waals surface area contributed by atoms with Gasteiger partial charge < -0.3 is 15.6 Å². The molecular formula is C14H27NO2. The summed E-state index contributed by atoms with van der Waals surface area (Å²) >= 11 is 0. The second kappa shape index (κ2) is 6.17. The first kappa shape index (κ1) is 13.3. The highest BCUT2D eigenvalue weighted by Crippen LogP contribution is 2.31. The highest BCUT2D eigenvalue weighted by atomic mass is 16.5. The van der Waals surface area contributed by atoms with Crippen molar-refractivity contribution in [3.05, 3.63) is 0 Å². The number of hydrogen-bond acceptors (Lipinski definition) is 3. The van der Waals surface area contributed by atoms with E-state index in [1.807, 2.05) is 0 Å². The molecule has 3 N–H and O–H groups in total. The summed E-state index contributed by atoms with van der Waals surface area (Å²) in [4.78, 5) is 0. The van der Waals surface area contributed by atoms with Crippen LogP contribution in [0.5, 0.6) is 0 Å². The molecule has 0 aromatic rings. The minimum absolute atomic E-state index is 0.00131. The fourth-order valence-corrected chi connectivity index (χ4v) is 3.26. The van der Waals surface area contributed by atoms with E-state index >= 15 is 0 Å². The molecule has 3 nitrogen and oxygen atoms in total. The van der Waals surface area contributed by atoms with Gasteiger partial charge in [-0.1, -0.05) is 39.0 Å². The van der Waals surface area contributed by atoms with Gasteiger partial charge in [0.1, 0.15) is 0 Å². The van der Waals surface area contributed by atoms with E-state index in [-0.39, 0.29) is 12.1 Å². The lowest BCUT2D eigenvalue weighted by molar-refractivity contribution is -0.173. The summed E-state index contributed by atoms with van der Waals surface area (Å²) in [5.41, 5.74) is 6.15. The van der Waals surface area contributed by atoms with Crippen LogP contribution in [0.4, 0.5) is 0 Å². The summed E-state index contributed by atoms with van der Waals surface area (Å²) in [5, 5.41) is 10.2. The third kappa shape index (κ3) is 3.21. The normalized spacial score (nSPS) is 34.1. The van der Waals surface area contributed by atoms with E-state index in [1.165, 1.54) is 32.1 Å². The van der Waals surface area contributed by atoms with E-state index in [2.05, 4.69) is 6.92 Å². The Morgan fingerprint density at radius 2 is 2.00 bits per heavy atom. The van der Waals surface area contributed by atoms with E-state index < -0.39 is 6.10 Å². The Bertz CT molecular complexity index is 226. The monoisotopic (exact) mass is 241 g/mol. The summed E-state index contributed by atoms with van der Waals surface area (Å²) in [6.07, 6.45) is 8.23. The Morgan fingerprint density at radius 1 is 1.29 bits per heavy atom. The van der Waals surface area contributed by atoms with Crippen molar-refractivity contribution in [2.24, 2.45) is 17.6 Å². The molecule has 1 heterocycles. The van der Waals surface area contributed by atoms with Gasteiger partial charge in [-0.3, -0.25) is 0 Å². The fraction of sp³-hybridized carbons (Fsp3) is 1.00. The largest absolute Gasteiger partial charge is 0.389 e. The van der Waals surface area contributed by atoms with E-state index in [9.17, 15) is 5.11 Å². The molecule has 1 saturated heterocycles. The maximum Gasteiger partial charge on any atom is 0.0955 e. The first-order valence-corrected chi connectivity index (χ1v) is 7.27. The Labute approximate surface area is 105 Å². The minimum atomic E-state index is -0.462. The molecule has 2 aliphatic rings. The third-order valence-electron chi connectivity index (χ3n) is 4.60. The van der Waals surface area contributed by atoms with Gasteiger partial charge in [0.15, 0.2) is 0 Å². The predicted molar refractivity (Wildman–Crippen MR) is 68.7 cm³/mol. The van der Waals surface area contributed by atoms with Crippen molar-refractivity contribution in [3.63, 3.8) is 0 Å². The molecule has 100 valence electrons. The molecule has 0 spiro atoms. The van der Waals surface area contributed by atoms with Gasteiger partial charge in [-0.15, -0.1) is 0 Å². The smallest absolute Gasteiger partial charge is 0.0955 e. The molecule has 1 aliphatic heterocycles. The van der Waals surface area contributed by atoms with Crippen molar-refractivity contribution in [3.8, 4) is 0 Å². The lowest BCUT2D eigenvalue weighted by Gasteiger charge is -2.42. The van der Waals surface area contributed by atoms with Gasteiger partial charge >= 0.3 is 0 Å². The molecule has 4 atom stereocenters. The van der Waals surface area contributed by atoms with E-state index in [1.54, 1.807) is 0 Å². The van der Waals surface area contributed by atoms with E-state index in [4.69, 9.17) is 10.5 Å². The quantitative estimate of drug-likeness (QED) is 0.774. The Kier molecular flexibility index (Phi) is 4.83. The lowest BCUT2D eigenvalue weighted by atomic mass is 9.81. The first-order chi connectivity index (χ1) is 8.22. The number of aliphatic hydroxyl groups is 1. The molecule has 2 rings (SSSR count). The van der Waals surface area contributed by atoms with Gasteiger partial charge in [-0.2, -0.15) is 0 Å². The van der Waals surface area contributed by atoms with Gasteiger partial charge in [0, 0.05) is 12.0 Å². The van der Waals surface area contributed by atoms with Crippen LogP contribution in [0, 0.1) is 11.8 Å². The number of ether oxygens (including phenoxy) is 1. The molecule has 1 saturated carbocycles. The number of hydrogen-bond donors (Lipinski definition) is 2. The van der Waals surface area contributed by atoms with Gasteiger partial charge in [0.25, 0.3) is 0 Å². The SMILES string of the molecule is CCC1CO[C@@H]1C(O)C(N)CC1CCCCC1. The molecule has 1 aliphatic carbocycles. The zero-order valence-corrected chi connectivity index (χ0v) is 11.0. The van der Waals surface area contributed by atoms with Crippen LogP contribution in [0.2, 0.25) is 0 Å². The Balaban J connectivity index is 1.76. The zero-order valence-electron chi connectivity index (χ0n) is 11.0. The van der Waals surface area contributed by atoms with Crippen LogP contribution < -0.4 is 5.73 Å². The van der Waals surface area contributed by atoms with Crippen LogP contribution >= 0.6 is 0 Å². The number of rotatable bonds is 5. The third-order valence-corrected chi connectivity index (χ3v) is 4.60. The highest BCUT2D eigenvalue weighted by Gasteiger charge is 2.39. The summed E-state index contributed by atoms with van der Waals surface area (Å²) < 4.78 is 5.48. The average Bonchev–Trinajstić information content (AvgIpc) is 2.29. The van der Waals surface area contributed by atoms with Crippen LogP contribution in [0.15, 0.2) is 0 Å². The van der Waals surface area contributed by atoms with Crippen LogP contribution in [-0.4, -0.2) is 30.0 Å². The van der Waals surface area contributed by atoms with Gasteiger partial charge in [0.2, 0.25) is 0 Å². The van der Waals surface area contributed by atoms with Crippen LogP contribution in [0.25, 0.3) is 0 Å². The summed E-state index contributed by atoms with van der Waals surface area (Å²) in [6.45, 7) is 2.95. The van der Waals surface area contributed by atoms with Crippen molar-refractivity contribution in [2.75, 3.05) is 6.61 Å². The fourth-order valence-electron chi connectivity index (χ4n) is 3.26. The van der Waals surface area contributed by atoms with Crippen molar-refractivity contribution in [2.45, 2.75) is 70.1 Å². The molecule has 3 unspecified atom stereocenters. The molecular weight excluding hydrogens is 214 g/mol. The number of aliphatic hydroxyl groups excluding tert-OH is 1. The maximum absolute atomic E-state index is 10.2. The van der Waals surface area contributed by atoms with Gasteiger partial charge in [-0.25, -0.2) is 0 Å². The van der Waals surface area contributed by atoms with Crippen molar-refractivity contribution >= 4 is 0 Å². The molecule has 17 heavy (non-hydrogen) atoms. The topological polar surface area (TPSA) is 55.5 Å². The Hall–Kier alpha value is -0.120. The van der Waals surface area contributed by atoms with Crippen LogP contribution in [0.1, 0.15) is 51.9 Å². The molecule has 0 aromatic heterocycles. The summed E-state index contributed by atoms with van der Waals surface area (Å²) in [7, 11) is 0. The number of nitrogens with two attached hydrogens (primary N) is 1. The molecule has 0 aromatic carbocycles. The standard InChI is InChI=1S/C14H27NO2/c1-2-11-9-17-14(11)13(16)12(15)8-10-6-4-3-5-7-10/h10-14,16H,2-9,15H2,1H3/t11?,12?,13?,14-/m0/s1. The minimum Gasteiger partial charge on any atom is -0.389 e. The van der Waals surface area contributed by atoms with Crippen LogP contribution in [0.3, 0.4) is 0 Å². The predicted octanol–water partition coefficient (Wildman–Crippen LogP) is 2.07. The molecule has 0 bridgehead atoms. The second-order valence-corrected chi connectivity index (χ2v) is 5.86. The summed E-state index contributed by atoms with van der Waals surface area (Å²) in [6, 6.07) is -0.0996. The molecule has 0 radical (unpaired) electrons. The van der Waals surface area contributed by atoms with Gasteiger partial charge in [-0.05, 0) is 18.8 Å². The van der Waals surface area contributed by atoms with Crippen molar-refractivity contribution in [1.82, 2.24) is 0 Å². The molecule has 2 fully saturated rings. The Morgan fingerprint density at radius 3 is 2.53 bits per heavy atom. The summed E-state index contributed by atoms with van der Waals surface area (Å²) in [5.74, 6) is 1.25. The van der Waals surface area contributed by atoms with Crippen molar-refractivity contribution in [1.29, 1.82) is 0 Å². The zero-order chi connectivity index (χ0) is 12.3. The lowest BCUT2D eigenvalue weighted by Crippen LogP contribution is -2.54. The first-order valence-electron chi connectivity index (χ1n) is 7.27. The van der Waals surface area contributed by atoms with E-state index in [0.717, 1.165) is 25.4 Å². The van der Waals surface area contributed by atoms with Crippen molar-refractivity contribution < 1.29 is 9.84 Å². The van der Waals surface area contributed by atoms with Gasteiger partial charge in [0.05, 0.1) is 18.8 Å².